The summed E-state index contributed by atoms with van der Waals surface area (Å²) in [7, 11) is 1.64. The standard InChI is InChI=1S/C20H20N4O3S/c1-27-14-8-5-12(6-9-14)7-10-17-23-24-20(28-17)22-19(26)15-11-13-3-2-4-16(13)21-18(15)25/h5-6,8-9,11H,2-4,7,10H2,1H3,(H,21,25)(H,22,24,26). The van der Waals surface area contributed by atoms with Crippen molar-refractivity contribution in [3.8, 4) is 5.75 Å². The molecule has 7 nitrogen and oxygen atoms in total. The molecular formula is C20H20N4O3S. The van der Waals surface area contributed by atoms with E-state index in [9.17, 15) is 9.59 Å². The van der Waals surface area contributed by atoms with Crippen LogP contribution in [0, 0.1) is 0 Å². The Kier molecular flexibility index (Phi) is 5.21. The van der Waals surface area contributed by atoms with Crippen LogP contribution in [0.3, 0.4) is 0 Å². The topological polar surface area (TPSA) is 97.0 Å². The molecule has 0 bridgehead atoms. The van der Waals surface area contributed by atoms with Crippen molar-refractivity contribution in [2.45, 2.75) is 32.1 Å². The molecule has 0 saturated heterocycles. The van der Waals surface area contributed by atoms with E-state index in [-0.39, 0.29) is 11.1 Å². The Hall–Kier alpha value is -3.00. The van der Waals surface area contributed by atoms with Gasteiger partial charge in [0, 0.05) is 12.1 Å². The minimum atomic E-state index is -0.450. The Morgan fingerprint density at radius 3 is 2.82 bits per heavy atom. The number of methoxy groups -OCH3 is 1. The van der Waals surface area contributed by atoms with Gasteiger partial charge in [-0.05, 0) is 55.0 Å². The van der Waals surface area contributed by atoms with E-state index in [0.717, 1.165) is 54.1 Å². The Labute approximate surface area is 165 Å². The van der Waals surface area contributed by atoms with Gasteiger partial charge in [0.25, 0.3) is 11.5 Å². The third kappa shape index (κ3) is 3.96. The van der Waals surface area contributed by atoms with Crippen LogP contribution in [0.1, 0.15) is 38.6 Å². The predicted molar refractivity (Wildman–Crippen MR) is 107 cm³/mol. The van der Waals surface area contributed by atoms with Gasteiger partial charge in [-0.3, -0.25) is 14.9 Å². The number of fused-ring (bicyclic) bond motifs is 1. The molecule has 28 heavy (non-hydrogen) atoms. The Morgan fingerprint density at radius 2 is 2.04 bits per heavy atom. The zero-order chi connectivity index (χ0) is 19.5. The van der Waals surface area contributed by atoms with E-state index in [2.05, 4.69) is 20.5 Å². The number of aromatic amines is 1. The van der Waals surface area contributed by atoms with Crippen molar-refractivity contribution in [1.82, 2.24) is 15.2 Å². The number of aryl methyl sites for hydroxylation is 4. The van der Waals surface area contributed by atoms with Gasteiger partial charge in [-0.2, -0.15) is 0 Å². The van der Waals surface area contributed by atoms with Crippen LogP contribution in [0.15, 0.2) is 35.1 Å². The minimum absolute atomic E-state index is 0.121. The first-order chi connectivity index (χ1) is 13.6. The van der Waals surface area contributed by atoms with Gasteiger partial charge in [0.05, 0.1) is 7.11 Å². The fourth-order valence-electron chi connectivity index (χ4n) is 3.30. The summed E-state index contributed by atoms with van der Waals surface area (Å²) in [6.45, 7) is 0. The lowest BCUT2D eigenvalue weighted by molar-refractivity contribution is 0.102. The molecule has 1 aliphatic rings. The van der Waals surface area contributed by atoms with Gasteiger partial charge in [-0.15, -0.1) is 10.2 Å². The molecule has 1 aromatic carbocycles. The fraction of sp³-hybridized carbons (Fsp3) is 0.300. The van der Waals surface area contributed by atoms with Crippen molar-refractivity contribution in [2.75, 3.05) is 12.4 Å². The summed E-state index contributed by atoms with van der Waals surface area (Å²) in [4.78, 5) is 27.5. The number of nitrogens with zero attached hydrogens (tertiary/aromatic N) is 2. The Balaban J connectivity index is 1.39. The van der Waals surface area contributed by atoms with E-state index in [1.54, 1.807) is 13.2 Å². The van der Waals surface area contributed by atoms with Crippen LogP contribution in [0.4, 0.5) is 5.13 Å². The first kappa shape index (κ1) is 18.4. The quantitative estimate of drug-likeness (QED) is 0.668. The first-order valence-electron chi connectivity index (χ1n) is 9.14. The van der Waals surface area contributed by atoms with Crippen molar-refractivity contribution in [3.63, 3.8) is 0 Å². The lowest BCUT2D eigenvalue weighted by Crippen LogP contribution is -2.24. The lowest BCUT2D eigenvalue weighted by Gasteiger charge is -2.04. The minimum Gasteiger partial charge on any atom is -0.497 e. The van der Waals surface area contributed by atoms with E-state index in [0.29, 0.717) is 5.13 Å². The molecular weight excluding hydrogens is 376 g/mol. The molecule has 0 atom stereocenters. The molecule has 1 aliphatic carbocycles. The molecule has 144 valence electrons. The number of H-pyrrole nitrogens is 1. The van der Waals surface area contributed by atoms with Crippen molar-refractivity contribution in [1.29, 1.82) is 0 Å². The van der Waals surface area contributed by atoms with E-state index in [1.165, 1.54) is 16.9 Å². The van der Waals surface area contributed by atoms with E-state index >= 15 is 0 Å². The van der Waals surface area contributed by atoms with Gasteiger partial charge >= 0.3 is 0 Å². The number of amides is 1. The molecule has 0 spiro atoms. The smallest absolute Gasteiger partial charge is 0.263 e. The van der Waals surface area contributed by atoms with Gasteiger partial charge in [0.15, 0.2) is 0 Å². The molecule has 1 amide bonds. The Morgan fingerprint density at radius 1 is 1.21 bits per heavy atom. The molecule has 2 aromatic heterocycles. The number of nitrogens with one attached hydrogen (secondary N) is 2. The van der Waals surface area contributed by atoms with Crippen LogP contribution in [0.5, 0.6) is 5.75 Å². The molecule has 0 unspecified atom stereocenters. The van der Waals surface area contributed by atoms with Crippen LogP contribution >= 0.6 is 11.3 Å². The van der Waals surface area contributed by atoms with Crippen molar-refractivity contribution >= 4 is 22.4 Å². The Bertz CT molecular complexity index is 1060. The molecule has 2 N–H and O–H groups in total. The van der Waals surface area contributed by atoms with E-state index in [1.807, 2.05) is 24.3 Å². The lowest BCUT2D eigenvalue weighted by atomic mass is 10.1. The number of benzene rings is 1. The zero-order valence-electron chi connectivity index (χ0n) is 15.4. The highest BCUT2D eigenvalue weighted by atomic mass is 32.1. The maximum Gasteiger partial charge on any atom is 0.263 e. The zero-order valence-corrected chi connectivity index (χ0v) is 16.3. The normalized spacial score (nSPS) is 12.6. The van der Waals surface area contributed by atoms with Crippen molar-refractivity contribution in [2.24, 2.45) is 0 Å². The number of carbonyl (C=O) groups is 1. The highest BCUT2D eigenvalue weighted by molar-refractivity contribution is 7.15. The molecule has 8 heteroatoms. The van der Waals surface area contributed by atoms with E-state index < -0.39 is 5.91 Å². The van der Waals surface area contributed by atoms with Gasteiger partial charge in [0.1, 0.15) is 16.3 Å². The number of hydrogen-bond donors (Lipinski definition) is 2. The van der Waals surface area contributed by atoms with Crippen LogP contribution < -0.4 is 15.6 Å². The SMILES string of the molecule is COc1ccc(CCc2nnc(NC(=O)c3cc4c([nH]c3=O)CCC4)s2)cc1. The number of ether oxygens (including phenoxy) is 1. The largest absolute Gasteiger partial charge is 0.497 e. The molecule has 0 aliphatic heterocycles. The fourth-order valence-corrected chi connectivity index (χ4v) is 4.03. The average molecular weight is 396 g/mol. The van der Waals surface area contributed by atoms with Crippen LogP contribution in [0.2, 0.25) is 0 Å². The van der Waals surface area contributed by atoms with Gasteiger partial charge in [-0.25, -0.2) is 0 Å². The highest BCUT2D eigenvalue weighted by Gasteiger charge is 2.19. The van der Waals surface area contributed by atoms with Crippen LogP contribution in [-0.2, 0) is 25.7 Å². The number of carbonyl (C=O) groups excluding carboxylic acids is 1. The summed E-state index contributed by atoms with van der Waals surface area (Å²) in [5, 5.41) is 12.1. The summed E-state index contributed by atoms with van der Waals surface area (Å²) in [5.74, 6) is 0.375. The second-order valence-electron chi connectivity index (χ2n) is 6.67. The monoisotopic (exact) mass is 396 g/mol. The molecule has 3 aromatic rings. The predicted octanol–water partition coefficient (Wildman–Crippen LogP) is 2.76. The summed E-state index contributed by atoms with van der Waals surface area (Å²) < 4.78 is 5.16. The number of hydrogen-bond acceptors (Lipinski definition) is 6. The molecule has 0 saturated carbocycles. The molecule has 4 rings (SSSR count). The van der Waals surface area contributed by atoms with Gasteiger partial charge < -0.3 is 9.72 Å². The van der Waals surface area contributed by atoms with Gasteiger partial charge in [-0.1, -0.05) is 23.5 Å². The van der Waals surface area contributed by atoms with Crippen molar-refractivity contribution in [3.05, 3.63) is 68.1 Å². The second kappa shape index (κ2) is 7.93. The third-order valence-electron chi connectivity index (χ3n) is 4.81. The summed E-state index contributed by atoms with van der Waals surface area (Å²) in [5.41, 5.74) is 2.92. The number of pyridine rings is 1. The summed E-state index contributed by atoms with van der Waals surface area (Å²) >= 11 is 1.32. The van der Waals surface area contributed by atoms with Crippen molar-refractivity contribution < 1.29 is 9.53 Å². The number of aromatic nitrogens is 3. The summed E-state index contributed by atoms with van der Waals surface area (Å²) in [6, 6.07) is 9.58. The third-order valence-corrected chi connectivity index (χ3v) is 5.71. The maximum atomic E-state index is 12.5. The van der Waals surface area contributed by atoms with Crippen LogP contribution in [-0.4, -0.2) is 28.2 Å². The molecule has 0 radical (unpaired) electrons. The summed E-state index contributed by atoms with van der Waals surface area (Å²) in [6.07, 6.45) is 4.29. The van der Waals surface area contributed by atoms with Gasteiger partial charge in [0.2, 0.25) is 5.13 Å². The number of anilines is 1. The highest BCUT2D eigenvalue weighted by Crippen LogP contribution is 2.21. The van der Waals surface area contributed by atoms with Crippen LogP contribution in [0.25, 0.3) is 0 Å². The number of rotatable bonds is 6. The maximum absolute atomic E-state index is 12.5. The van der Waals surface area contributed by atoms with E-state index in [4.69, 9.17) is 4.74 Å². The molecule has 0 fully saturated rings. The molecule has 2 heterocycles. The average Bonchev–Trinajstić information content (AvgIpc) is 3.34. The second-order valence-corrected chi connectivity index (χ2v) is 7.73. The first-order valence-corrected chi connectivity index (χ1v) is 9.96.